The highest BCUT2D eigenvalue weighted by molar-refractivity contribution is 9.10. The number of aromatic nitrogens is 1. The van der Waals surface area contributed by atoms with E-state index in [9.17, 15) is 9.59 Å². The summed E-state index contributed by atoms with van der Waals surface area (Å²) in [4.78, 5) is 29.1. The average molecular weight is 333 g/mol. The van der Waals surface area contributed by atoms with Crippen molar-refractivity contribution in [2.75, 3.05) is 11.4 Å². The van der Waals surface area contributed by atoms with Crippen molar-refractivity contribution in [2.24, 2.45) is 0 Å². The van der Waals surface area contributed by atoms with E-state index in [0.717, 1.165) is 27.8 Å². The van der Waals surface area contributed by atoms with Crippen LogP contribution in [-0.4, -0.2) is 17.4 Å². The van der Waals surface area contributed by atoms with Crippen molar-refractivity contribution in [3.8, 4) is 0 Å². The number of rotatable bonds is 1. The Balaban J connectivity index is 2.01. The number of halogens is 1. The van der Waals surface area contributed by atoms with E-state index in [-0.39, 0.29) is 16.9 Å². The van der Waals surface area contributed by atoms with Crippen LogP contribution in [0.2, 0.25) is 0 Å². The Hall–Kier alpha value is -1.88. The van der Waals surface area contributed by atoms with Gasteiger partial charge in [-0.2, -0.15) is 0 Å². The molecule has 1 aromatic carbocycles. The monoisotopic (exact) mass is 332 g/mol. The third-order valence-electron chi connectivity index (χ3n) is 3.48. The smallest absolute Gasteiger partial charge is 0.263 e. The van der Waals surface area contributed by atoms with Gasteiger partial charge in [-0.15, -0.1) is 0 Å². The van der Waals surface area contributed by atoms with Gasteiger partial charge in [-0.25, -0.2) is 0 Å². The predicted octanol–water partition coefficient (Wildman–Crippen LogP) is 2.65. The third kappa shape index (κ3) is 2.18. The van der Waals surface area contributed by atoms with Crippen molar-refractivity contribution in [2.45, 2.75) is 13.3 Å². The number of benzene rings is 1. The van der Waals surface area contributed by atoms with Crippen molar-refractivity contribution >= 4 is 27.5 Å². The number of anilines is 1. The molecule has 0 unspecified atom stereocenters. The van der Waals surface area contributed by atoms with Gasteiger partial charge in [0.25, 0.3) is 5.91 Å². The van der Waals surface area contributed by atoms with Crippen molar-refractivity contribution in [1.29, 1.82) is 0 Å². The first kappa shape index (κ1) is 13.1. The molecule has 5 heteroatoms. The number of fused-ring (bicyclic) bond motifs is 1. The fourth-order valence-electron chi connectivity index (χ4n) is 2.45. The topological polar surface area (TPSA) is 53.2 Å². The Morgan fingerprint density at radius 3 is 2.90 bits per heavy atom. The molecule has 0 spiro atoms. The molecule has 0 radical (unpaired) electrons. The maximum Gasteiger partial charge on any atom is 0.263 e. The summed E-state index contributed by atoms with van der Waals surface area (Å²) in [7, 11) is 0. The fraction of sp³-hybridized carbons (Fsp3) is 0.200. The van der Waals surface area contributed by atoms with Crippen molar-refractivity contribution in [3.05, 3.63) is 62.0 Å². The van der Waals surface area contributed by atoms with Gasteiger partial charge in [0.1, 0.15) is 5.56 Å². The number of H-pyrrole nitrogens is 1. The summed E-state index contributed by atoms with van der Waals surface area (Å²) in [6.45, 7) is 2.40. The van der Waals surface area contributed by atoms with E-state index in [4.69, 9.17) is 0 Å². The number of aryl methyl sites for hydroxylation is 1. The van der Waals surface area contributed by atoms with Gasteiger partial charge in [-0.1, -0.05) is 22.0 Å². The van der Waals surface area contributed by atoms with Crippen LogP contribution in [0.15, 0.2) is 39.7 Å². The predicted molar refractivity (Wildman–Crippen MR) is 81.3 cm³/mol. The molecule has 1 aromatic heterocycles. The zero-order chi connectivity index (χ0) is 14.3. The van der Waals surface area contributed by atoms with Crippen LogP contribution < -0.4 is 10.3 Å². The molecule has 0 atom stereocenters. The van der Waals surface area contributed by atoms with Crippen LogP contribution in [0.5, 0.6) is 0 Å². The molecule has 0 fully saturated rings. The zero-order valence-corrected chi connectivity index (χ0v) is 12.5. The molecule has 20 heavy (non-hydrogen) atoms. The number of pyridine rings is 1. The molecule has 0 saturated carbocycles. The number of hydrogen-bond acceptors (Lipinski definition) is 2. The summed E-state index contributed by atoms with van der Waals surface area (Å²) < 4.78 is 0.925. The molecule has 2 heterocycles. The Morgan fingerprint density at radius 2 is 2.15 bits per heavy atom. The lowest BCUT2D eigenvalue weighted by atomic mass is 10.1. The van der Waals surface area contributed by atoms with Gasteiger partial charge >= 0.3 is 0 Å². The van der Waals surface area contributed by atoms with Crippen LogP contribution in [0, 0.1) is 6.92 Å². The van der Waals surface area contributed by atoms with E-state index in [1.54, 1.807) is 11.8 Å². The van der Waals surface area contributed by atoms with Crippen LogP contribution in [-0.2, 0) is 6.42 Å². The summed E-state index contributed by atoms with van der Waals surface area (Å²) in [6, 6.07) is 7.34. The summed E-state index contributed by atoms with van der Waals surface area (Å²) in [5.74, 6) is -0.247. The normalized spacial score (nSPS) is 13.4. The Bertz CT molecular complexity index is 752. The van der Waals surface area contributed by atoms with Crippen LogP contribution in [0.4, 0.5) is 5.69 Å². The van der Waals surface area contributed by atoms with Gasteiger partial charge < -0.3 is 9.88 Å². The summed E-state index contributed by atoms with van der Waals surface area (Å²) in [6.07, 6.45) is 2.31. The summed E-state index contributed by atoms with van der Waals surface area (Å²) in [5, 5.41) is 0. The highest BCUT2D eigenvalue weighted by Gasteiger charge is 2.27. The molecule has 0 aliphatic carbocycles. The summed E-state index contributed by atoms with van der Waals surface area (Å²) in [5.41, 5.74) is 2.70. The van der Waals surface area contributed by atoms with Gasteiger partial charge in [0.15, 0.2) is 5.43 Å². The Kier molecular flexibility index (Phi) is 3.22. The van der Waals surface area contributed by atoms with Crippen molar-refractivity contribution in [1.82, 2.24) is 4.98 Å². The quantitative estimate of drug-likeness (QED) is 0.872. The minimum atomic E-state index is -0.247. The number of nitrogens with zero attached hydrogens (tertiary/aromatic N) is 1. The number of hydrogen-bond donors (Lipinski definition) is 1. The van der Waals surface area contributed by atoms with Crippen molar-refractivity contribution in [3.63, 3.8) is 0 Å². The van der Waals surface area contributed by atoms with Gasteiger partial charge in [0, 0.05) is 34.7 Å². The Labute approximate surface area is 124 Å². The summed E-state index contributed by atoms with van der Waals surface area (Å²) >= 11 is 3.42. The maximum absolute atomic E-state index is 12.5. The first-order valence-electron chi connectivity index (χ1n) is 6.36. The largest absolute Gasteiger partial charge is 0.364 e. The standard InChI is InChI=1S/C15H13BrN2O2/c1-9-6-14(19)12(8-17-9)15(20)18-5-4-10-2-3-11(16)7-13(10)18/h2-3,6-8H,4-5H2,1H3,(H,17,19). The zero-order valence-electron chi connectivity index (χ0n) is 10.9. The molecule has 102 valence electrons. The second-order valence-electron chi connectivity index (χ2n) is 4.87. The minimum Gasteiger partial charge on any atom is -0.364 e. The molecule has 0 saturated heterocycles. The number of amides is 1. The molecule has 1 N–H and O–H groups in total. The van der Waals surface area contributed by atoms with E-state index in [0.29, 0.717) is 6.54 Å². The van der Waals surface area contributed by atoms with E-state index < -0.39 is 0 Å². The number of carbonyl (C=O) groups is 1. The molecule has 0 bridgehead atoms. The van der Waals surface area contributed by atoms with E-state index in [2.05, 4.69) is 20.9 Å². The lowest BCUT2D eigenvalue weighted by molar-refractivity contribution is 0.0988. The number of aromatic amines is 1. The molecule has 2 aromatic rings. The SMILES string of the molecule is Cc1cc(=O)c(C(=O)N2CCc3ccc(Br)cc32)c[nH]1. The molecular formula is C15H13BrN2O2. The van der Waals surface area contributed by atoms with Crippen LogP contribution in [0.3, 0.4) is 0 Å². The molecule has 1 aliphatic rings. The lowest BCUT2D eigenvalue weighted by Crippen LogP contribution is -2.32. The first-order valence-corrected chi connectivity index (χ1v) is 7.15. The van der Waals surface area contributed by atoms with Crippen LogP contribution in [0.25, 0.3) is 0 Å². The van der Waals surface area contributed by atoms with E-state index in [1.165, 1.54) is 12.3 Å². The molecule has 4 nitrogen and oxygen atoms in total. The second-order valence-corrected chi connectivity index (χ2v) is 5.79. The first-order chi connectivity index (χ1) is 9.56. The molecule has 1 amide bonds. The third-order valence-corrected chi connectivity index (χ3v) is 3.97. The van der Waals surface area contributed by atoms with Crippen LogP contribution >= 0.6 is 15.9 Å². The van der Waals surface area contributed by atoms with Gasteiger partial charge in [0.05, 0.1) is 0 Å². The second kappa shape index (κ2) is 4.90. The Morgan fingerprint density at radius 1 is 1.35 bits per heavy atom. The average Bonchev–Trinajstić information content (AvgIpc) is 2.81. The molecular weight excluding hydrogens is 320 g/mol. The number of carbonyl (C=O) groups excluding carboxylic acids is 1. The van der Waals surface area contributed by atoms with Crippen molar-refractivity contribution < 1.29 is 4.79 Å². The van der Waals surface area contributed by atoms with E-state index >= 15 is 0 Å². The number of nitrogens with one attached hydrogen (secondary N) is 1. The highest BCUT2D eigenvalue weighted by Crippen LogP contribution is 2.31. The van der Waals surface area contributed by atoms with Gasteiger partial charge in [0.2, 0.25) is 0 Å². The highest BCUT2D eigenvalue weighted by atomic mass is 79.9. The molecule has 3 rings (SSSR count). The maximum atomic E-state index is 12.5. The van der Waals surface area contributed by atoms with Gasteiger partial charge in [-0.05, 0) is 31.0 Å². The van der Waals surface area contributed by atoms with Gasteiger partial charge in [-0.3, -0.25) is 9.59 Å². The minimum absolute atomic E-state index is 0.184. The van der Waals surface area contributed by atoms with E-state index in [1.807, 2.05) is 18.2 Å². The molecule has 1 aliphatic heterocycles. The van der Waals surface area contributed by atoms with Crippen LogP contribution in [0.1, 0.15) is 21.6 Å². The fourth-order valence-corrected chi connectivity index (χ4v) is 2.80. The lowest BCUT2D eigenvalue weighted by Gasteiger charge is -2.17.